The third-order valence-corrected chi connectivity index (χ3v) is 5.69. The van der Waals surface area contributed by atoms with Crippen LogP contribution < -0.4 is 5.32 Å². The molecule has 2 aromatic rings. The zero-order valence-corrected chi connectivity index (χ0v) is 16.6. The summed E-state index contributed by atoms with van der Waals surface area (Å²) >= 11 is 0. The number of hydrogen-bond acceptors (Lipinski definition) is 2. The minimum Gasteiger partial charge on any atom is -0.351 e. The molecule has 3 rings (SSSR count). The molecule has 1 fully saturated rings. The van der Waals surface area contributed by atoms with Gasteiger partial charge in [-0.25, -0.2) is 8.78 Å². The van der Waals surface area contributed by atoms with Crippen molar-refractivity contribution in [1.29, 1.82) is 0 Å². The Kier molecular flexibility index (Phi) is 6.62. The van der Waals surface area contributed by atoms with Crippen molar-refractivity contribution in [2.75, 3.05) is 13.1 Å². The molecule has 1 heterocycles. The van der Waals surface area contributed by atoms with E-state index < -0.39 is 17.0 Å². The second-order valence-corrected chi connectivity index (χ2v) is 7.85. The van der Waals surface area contributed by atoms with E-state index in [4.69, 9.17) is 0 Å². The van der Waals surface area contributed by atoms with Gasteiger partial charge in [0.2, 0.25) is 11.8 Å². The molecule has 0 aromatic heterocycles. The highest BCUT2D eigenvalue weighted by atomic mass is 19.1. The van der Waals surface area contributed by atoms with E-state index in [1.165, 1.54) is 12.1 Å². The molecule has 0 spiro atoms. The Bertz CT molecular complexity index is 862. The van der Waals surface area contributed by atoms with E-state index in [-0.39, 0.29) is 23.9 Å². The third-order valence-electron chi connectivity index (χ3n) is 5.69. The molecule has 2 aromatic carbocycles. The monoisotopic (exact) mass is 400 g/mol. The van der Waals surface area contributed by atoms with Gasteiger partial charge in [-0.1, -0.05) is 43.3 Å². The normalized spacial score (nSPS) is 15.8. The summed E-state index contributed by atoms with van der Waals surface area (Å²) in [6.07, 6.45) is 2.28. The SMILES string of the molecule is CC1(C(=O)NCc2ccc(F)cc2F)CCN(C(=O)CCc2ccccc2)CC1. The molecule has 2 amide bonds. The number of benzene rings is 2. The van der Waals surface area contributed by atoms with Crippen LogP contribution in [0.2, 0.25) is 0 Å². The molecular weight excluding hydrogens is 374 g/mol. The summed E-state index contributed by atoms with van der Waals surface area (Å²) in [4.78, 5) is 26.9. The van der Waals surface area contributed by atoms with Gasteiger partial charge in [0.1, 0.15) is 11.6 Å². The molecule has 0 saturated carbocycles. The third kappa shape index (κ3) is 5.40. The van der Waals surface area contributed by atoms with Gasteiger partial charge < -0.3 is 10.2 Å². The van der Waals surface area contributed by atoms with E-state index >= 15 is 0 Å². The molecule has 1 N–H and O–H groups in total. The second-order valence-electron chi connectivity index (χ2n) is 7.85. The molecule has 0 radical (unpaired) electrons. The Morgan fingerprint density at radius 3 is 2.41 bits per heavy atom. The number of carbonyl (C=O) groups excluding carboxylic acids is 2. The maximum atomic E-state index is 13.7. The molecule has 0 bridgehead atoms. The first-order chi connectivity index (χ1) is 13.9. The summed E-state index contributed by atoms with van der Waals surface area (Å²) in [6, 6.07) is 13.2. The number of rotatable bonds is 6. The summed E-state index contributed by atoms with van der Waals surface area (Å²) in [5, 5.41) is 2.76. The van der Waals surface area contributed by atoms with E-state index in [1.54, 1.807) is 0 Å². The number of hydrogen-bond donors (Lipinski definition) is 1. The predicted molar refractivity (Wildman–Crippen MR) is 107 cm³/mol. The molecule has 6 heteroatoms. The van der Waals surface area contributed by atoms with Gasteiger partial charge in [-0.15, -0.1) is 0 Å². The first-order valence-electron chi connectivity index (χ1n) is 9.91. The smallest absolute Gasteiger partial charge is 0.226 e. The van der Waals surface area contributed by atoms with Crippen LogP contribution in [0, 0.1) is 17.0 Å². The number of amides is 2. The van der Waals surface area contributed by atoms with E-state index in [0.717, 1.165) is 11.6 Å². The number of nitrogens with one attached hydrogen (secondary N) is 1. The predicted octanol–water partition coefficient (Wildman–Crippen LogP) is 3.84. The maximum Gasteiger partial charge on any atom is 0.226 e. The van der Waals surface area contributed by atoms with Crippen LogP contribution in [0.5, 0.6) is 0 Å². The van der Waals surface area contributed by atoms with Crippen molar-refractivity contribution in [1.82, 2.24) is 10.2 Å². The van der Waals surface area contributed by atoms with Crippen molar-refractivity contribution in [3.05, 3.63) is 71.3 Å². The van der Waals surface area contributed by atoms with Gasteiger partial charge >= 0.3 is 0 Å². The molecule has 29 heavy (non-hydrogen) atoms. The highest BCUT2D eigenvalue weighted by Crippen LogP contribution is 2.31. The minimum absolute atomic E-state index is 0.0141. The Labute approximate surface area is 169 Å². The Balaban J connectivity index is 1.47. The summed E-state index contributed by atoms with van der Waals surface area (Å²) < 4.78 is 26.7. The molecule has 4 nitrogen and oxygen atoms in total. The first kappa shape index (κ1) is 21.0. The molecule has 154 valence electrons. The maximum absolute atomic E-state index is 13.7. The molecule has 0 unspecified atom stereocenters. The topological polar surface area (TPSA) is 49.4 Å². The van der Waals surface area contributed by atoms with Gasteiger partial charge in [-0.3, -0.25) is 9.59 Å². The van der Waals surface area contributed by atoms with Gasteiger partial charge in [0.15, 0.2) is 0 Å². The average Bonchev–Trinajstić information content (AvgIpc) is 2.72. The van der Waals surface area contributed by atoms with Crippen molar-refractivity contribution in [3.63, 3.8) is 0 Å². The molecule has 1 saturated heterocycles. The quantitative estimate of drug-likeness (QED) is 0.801. The number of carbonyl (C=O) groups is 2. The molecular formula is C23H26F2N2O2. The number of aryl methyl sites for hydroxylation is 1. The van der Waals surface area contributed by atoms with Gasteiger partial charge in [0.25, 0.3) is 0 Å². The van der Waals surface area contributed by atoms with E-state index in [0.29, 0.717) is 38.8 Å². The van der Waals surface area contributed by atoms with E-state index in [9.17, 15) is 18.4 Å². The van der Waals surface area contributed by atoms with Gasteiger partial charge in [0, 0.05) is 43.1 Å². The van der Waals surface area contributed by atoms with Crippen LogP contribution in [0.25, 0.3) is 0 Å². The Morgan fingerprint density at radius 2 is 1.76 bits per heavy atom. The van der Waals surface area contributed by atoms with Crippen molar-refractivity contribution in [2.45, 2.75) is 39.2 Å². The lowest BCUT2D eigenvalue weighted by molar-refractivity contribution is -0.139. The molecule has 1 aliphatic heterocycles. The van der Waals surface area contributed by atoms with Crippen LogP contribution in [0.3, 0.4) is 0 Å². The van der Waals surface area contributed by atoms with Gasteiger partial charge in [0.05, 0.1) is 0 Å². The number of halogens is 2. The second kappa shape index (κ2) is 9.16. The van der Waals surface area contributed by atoms with Gasteiger partial charge in [-0.2, -0.15) is 0 Å². The van der Waals surface area contributed by atoms with Crippen molar-refractivity contribution < 1.29 is 18.4 Å². The average molecular weight is 400 g/mol. The fourth-order valence-corrected chi connectivity index (χ4v) is 3.58. The summed E-state index contributed by atoms with van der Waals surface area (Å²) in [6.45, 7) is 2.94. The lowest BCUT2D eigenvalue weighted by Gasteiger charge is -2.38. The molecule has 0 aliphatic carbocycles. The zero-order chi connectivity index (χ0) is 20.9. The highest BCUT2D eigenvalue weighted by Gasteiger charge is 2.37. The fourth-order valence-electron chi connectivity index (χ4n) is 3.58. The van der Waals surface area contributed by atoms with Crippen LogP contribution in [0.4, 0.5) is 8.78 Å². The van der Waals surface area contributed by atoms with Crippen LogP contribution in [0.15, 0.2) is 48.5 Å². The zero-order valence-electron chi connectivity index (χ0n) is 16.6. The summed E-state index contributed by atoms with van der Waals surface area (Å²) in [5.74, 6) is -1.38. The van der Waals surface area contributed by atoms with E-state index in [1.807, 2.05) is 42.2 Å². The Hall–Kier alpha value is -2.76. The standard InChI is InChI=1S/C23H26F2N2O2/c1-23(22(29)26-16-18-8-9-19(24)15-20(18)25)11-13-27(14-12-23)21(28)10-7-17-5-3-2-4-6-17/h2-6,8-9,15H,7,10-14,16H2,1H3,(H,26,29). The van der Waals surface area contributed by atoms with Crippen molar-refractivity contribution in [3.8, 4) is 0 Å². The number of likely N-dealkylation sites (tertiary alicyclic amines) is 1. The minimum atomic E-state index is -0.672. The Morgan fingerprint density at radius 1 is 1.07 bits per heavy atom. The van der Waals surface area contributed by atoms with Gasteiger partial charge in [-0.05, 0) is 30.9 Å². The van der Waals surface area contributed by atoms with Crippen LogP contribution in [0.1, 0.15) is 37.3 Å². The summed E-state index contributed by atoms with van der Waals surface area (Å²) in [5.41, 5.74) is 0.777. The number of piperidine rings is 1. The first-order valence-corrected chi connectivity index (χ1v) is 9.91. The van der Waals surface area contributed by atoms with Crippen LogP contribution in [-0.4, -0.2) is 29.8 Å². The van der Waals surface area contributed by atoms with E-state index in [2.05, 4.69) is 5.32 Å². The van der Waals surface area contributed by atoms with Crippen LogP contribution in [-0.2, 0) is 22.6 Å². The lowest BCUT2D eigenvalue weighted by Crippen LogP contribution is -2.48. The largest absolute Gasteiger partial charge is 0.351 e. The van der Waals surface area contributed by atoms with Crippen molar-refractivity contribution in [2.24, 2.45) is 5.41 Å². The fraction of sp³-hybridized carbons (Fsp3) is 0.391. The molecule has 0 atom stereocenters. The number of nitrogens with zero attached hydrogens (tertiary/aromatic N) is 1. The van der Waals surface area contributed by atoms with Crippen molar-refractivity contribution >= 4 is 11.8 Å². The molecule has 1 aliphatic rings. The summed E-state index contributed by atoms with van der Waals surface area (Å²) in [7, 11) is 0. The van der Waals surface area contributed by atoms with Crippen LogP contribution >= 0.6 is 0 Å². The lowest BCUT2D eigenvalue weighted by atomic mass is 9.79. The highest BCUT2D eigenvalue weighted by molar-refractivity contribution is 5.83.